The number of carboxylic acid groups (broad SMARTS) is 1. The molecule has 0 saturated carbocycles. The summed E-state index contributed by atoms with van der Waals surface area (Å²) in [6, 6.07) is -1.22. The number of urea groups is 1. The molecule has 0 rings (SSSR count). The van der Waals surface area contributed by atoms with Crippen LogP contribution in [0.5, 0.6) is 0 Å². The number of carboxylic acids is 1. The predicted octanol–water partition coefficient (Wildman–Crippen LogP) is 1.97. The van der Waals surface area contributed by atoms with E-state index in [2.05, 4.69) is 24.5 Å². The van der Waals surface area contributed by atoms with Crippen LogP contribution in [0, 0.1) is 5.92 Å². The van der Waals surface area contributed by atoms with Crippen LogP contribution in [0.1, 0.15) is 47.0 Å². The molecule has 2 atom stereocenters. The van der Waals surface area contributed by atoms with E-state index in [9.17, 15) is 9.59 Å². The lowest BCUT2D eigenvalue weighted by molar-refractivity contribution is -0.138. The first-order chi connectivity index (χ1) is 7.82. The molecule has 0 spiro atoms. The van der Waals surface area contributed by atoms with Gasteiger partial charge in [-0.2, -0.15) is 0 Å². The third-order valence-electron chi connectivity index (χ3n) is 2.51. The molecule has 0 radical (unpaired) electrons. The van der Waals surface area contributed by atoms with Crippen molar-refractivity contribution in [3.05, 3.63) is 0 Å². The van der Waals surface area contributed by atoms with Gasteiger partial charge in [0.1, 0.15) is 6.04 Å². The first-order valence-corrected chi connectivity index (χ1v) is 6.12. The fourth-order valence-corrected chi connectivity index (χ4v) is 1.43. The van der Waals surface area contributed by atoms with Gasteiger partial charge in [0.05, 0.1) is 0 Å². The fraction of sp³-hybridized carbons (Fsp3) is 0.833. The van der Waals surface area contributed by atoms with Gasteiger partial charge in [-0.3, -0.25) is 4.79 Å². The summed E-state index contributed by atoms with van der Waals surface area (Å²) in [5.74, 6) is -0.365. The molecule has 0 aromatic carbocycles. The Kier molecular flexibility index (Phi) is 7.34. The Labute approximate surface area is 103 Å². The molecule has 5 nitrogen and oxygen atoms in total. The minimum atomic E-state index is -1.03. The minimum Gasteiger partial charge on any atom is -0.480 e. The fourth-order valence-electron chi connectivity index (χ4n) is 1.43. The summed E-state index contributed by atoms with van der Waals surface area (Å²) in [5.41, 5.74) is 0. The van der Waals surface area contributed by atoms with Gasteiger partial charge in [0.15, 0.2) is 0 Å². The maximum Gasteiger partial charge on any atom is 0.325 e. The highest BCUT2D eigenvalue weighted by Gasteiger charge is 2.14. The van der Waals surface area contributed by atoms with Crippen molar-refractivity contribution in [1.82, 2.24) is 10.6 Å². The molecule has 0 saturated heterocycles. The van der Waals surface area contributed by atoms with Crippen molar-refractivity contribution in [2.24, 2.45) is 5.92 Å². The Morgan fingerprint density at radius 2 is 1.65 bits per heavy atom. The molecule has 0 aliphatic carbocycles. The van der Waals surface area contributed by atoms with E-state index in [1.54, 1.807) is 0 Å². The molecule has 0 aromatic rings. The summed E-state index contributed by atoms with van der Waals surface area (Å²) < 4.78 is 0. The van der Waals surface area contributed by atoms with Crippen LogP contribution >= 0.6 is 0 Å². The van der Waals surface area contributed by atoms with Crippen molar-refractivity contribution in [3.63, 3.8) is 0 Å². The van der Waals surface area contributed by atoms with Crippen molar-refractivity contribution in [2.75, 3.05) is 0 Å². The lowest BCUT2D eigenvalue weighted by Gasteiger charge is -2.16. The Morgan fingerprint density at radius 1 is 1.06 bits per heavy atom. The van der Waals surface area contributed by atoms with Gasteiger partial charge in [-0.25, -0.2) is 4.79 Å². The zero-order valence-electron chi connectivity index (χ0n) is 11.1. The van der Waals surface area contributed by atoms with Crippen LogP contribution in [0.25, 0.3) is 0 Å². The standard InChI is InChI=1S/C12H24N2O3/c1-8(2)6-5-7-9(3)13-12(17)14-10(4)11(15)16/h8-10H,5-7H2,1-4H3,(H,15,16)(H2,13,14,17)/t9?,10-/m0/s1. The maximum atomic E-state index is 11.4. The number of carbonyl (C=O) groups is 2. The molecule has 0 heterocycles. The van der Waals surface area contributed by atoms with Crippen molar-refractivity contribution in [3.8, 4) is 0 Å². The molecule has 0 bridgehead atoms. The lowest BCUT2D eigenvalue weighted by Crippen LogP contribution is -2.47. The van der Waals surface area contributed by atoms with Crippen molar-refractivity contribution < 1.29 is 14.7 Å². The predicted molar refractivity (Wildman–Crippen MR) is 66.9 cm³/mol. The van der Waals surface area contributed by atoms with Crippen LogP contribution in [0.15, 0.2) is 0 Å². The summed E-state index contributed by atoms with van der Waals surface area (Å²) in [6.45, 7) is 7.69. The molecule has 3 N–H and O–H groups in total. The second-order valence-corrected chi connectivity index (χ2v) is 4.90. The number of hydrogen-bond acceptors (Lipinski definition) is 2. The van der Waals surface area contributed by atoms with E-state index < -0.39 is 18.0 Å². The Balaban J connectivity index is 3.76. The van der Waals surface area contributed by atoms with E-state index in [0.29, 0.717) is 5.92 Å². The molecule has 0 aliphatic heterocycles. The summed E-state index contributed by atoms with van der Waals surface area (Å²) in [5, 5.41) is 13.7. The van der Waals surface area contributed by atoms with Crippen LogP contribution in [-0.2, 0) is 4.79 Å². The summed E-state index contributed by atoms with van der Waals surface area (Å²) in [4.78, 5) is 21.9. The topological polar surface area (TPSA) is 78.4 Å². The van der Waals surface area contributed by atoms with Crippen molar-refractivity contribution in [2.45, 2.75) is 59.0 Å². The first kappa shape index (κ1) is 15.7. The number of nitrogens with one attached hydrogen (secondary N) is 2. The molecule has 2 amide bonds. The smallest absolute Gasteiger partial charge is 0.325 e. The number of hydrogen-bond donors (Lipinski definition) is 3. The molecule has 0 aliphatic rings. The third-order valence-corrected chi connectivity index (χ3v) is 2.51. The van der Waals surface area contributed by atoms with Crippen molar-refractivity contribution >= 4 is 12.0 Å². The van der Waals surface area contributed by atoms with Crippen LogP contribution in [0.2, 0.25) is 0 Å². The molecule has 5 heteroatoms. The van der Waals surface area contributed by atoms with E-state index in [1.165, 1.54) is 6.92 Å². The second-order valence-electron chi connectivity index (χ2n) is 4.90. The number of carbonyl (C=O) groups excluding carboxylic acids is 1. The summed E-state index contributed by atoms with van der Waals surface area (Å²) in [6.07, 6.45) is 3.11. The van der Waals surface area contributed by atoms with Crippen molar-refractivity contribution in [1.29, 1.82) is 0 Å². The minimum absolute atomic E-state index is 0.0646. The molecule has 100 valence electrons. The van der Waals surface area contributed by atoms with Crippen LogP contribution in [0.3, 0.4) is 0 Å². The zero-order valence-corrected chi connectivity index (χ0v) is 11.1. The van der Waals surface area contributed by atoms with E-state index in [-0.39, 0.29) is 6.04 Å². The maximum absolute atomic E-state index is 11.4. The van der Waals surface area contributed by atoms with E-state index in [1.807, 2.05) is 6.92 Å². The summed E-state index contributed by atoms with van der Waals surface area (Å²) in [7, 11) is 0. The van der Waals surface area contributed by atoms with Crippen LogP contribution in [-0.4, -0.2) is 29.2 Å². The van der Waals surface area contributed by atoms with E-state index >= 15 is 0 Å². The number of rotatable bonds is 7. The van der Waals surface area contributed by atoms with Crippen LogP contribution < -0.4 is 10.6 Å². The Bertz CT molecular complexity index is 254. The van der Waals surface area contributed by atoms with Crippen LogP contribution in [0.4, 0.5) is 4.79 Å². The van der Waals surface area contributed by atoms with Gasteiger partial charge < -0.3 is 15.7 Å². The van der Waals surface area contributed by atoms with E-state index in [4.69, 9.17) is 5.11 Å². The van der Waals surface area contributed by atoms with Gasteiger partial charge in [0.2, 0.25) is 0 Å². The van der Waals surface area contributed by atoms with Gasteiger partial charge in [-0.1, -0.05) is 26.7 Å². The molecule has 0 fully saturated rings. The molecular formula is C12H24N2O3. The normalized spacial score (nSPS) is 14.2. The number of amides is 2. The van der Waals surface area contributed by atoms with Gasteiger partial charge in [-0.05, 0) is 26.2 Å². The highest BCUT2D eigenvalue weighted by Crippen LogP contribution is 2.07. The quantitative estimate of drug-likeness (QED) is 0.640. The largest absolute Gasteiger partial charge is 0.480 e. The highest BCUT2D eigenvalue weighted by atomic mass is 16.4. The zero-order chi connectivity index (χ0) is 13.4. The number of aliphatic carboxylic acids is 1. The third kappa shape index (κ3) is 8.54. The van der Waals surface area contributed by atoms with Gasteiger partial charge in [-0.15, -0.1) is 0 Å². The Hall–Kier alpha value is -1.26. The molecular weight excluding hydrogens is 220 g/mol. The average molecular weight is 244 g/mol. The second kappa shape index (κ2) is 7.92. The molecule has 17 heavy (non-hydrogen) atoms. The van der Waals surface area contributed by atoms with Gasteiger partial charge in [0.25, 0.3) is 0 Å². The monoisotopic (exact) mass is 244 g/mol. The molecule has 1 unspecified atom stereocenters. The Morgan fingerprint density at radius 3 is 2.12 bits per heavy atom. The average Bonchev–Trinajstić information content (AvgIpc) is 2.16. The SMILES string of the molecule is CC(C)CCCC(C)NC(=O)N[C@@H](C)C(=O)O. The lowest BCUT2D eigenvalue weighted by atomic mass is 10.0. The van der Waals surface area contributed by atoms with E-state index in [0.717, 1.165) is 19.3 Å². The van der Waals surface area contributed by atoms with Gasteiger partial charge >= 0.3 is 12.0 Å². The van der Waals surface area contributed by atoms with Gasteiger partial charge in [0, 0.05) is 6.04 Å². The first-order valence-electron chi connectivity index (χ1n) is 6.12. The summed E-state index contributed by atoms with van der Waals surface area (Å²) >= 11 is 0. The highest BCUT2D eigenvalue weighted by molar-refractivity contribution is 5.82. The molecule has 0 aromatic heterocycles.